The smallest absolute Gasteiger partial charge is 0.341 e. The summed E-state index contributed by atoms with van der Waals surface area (Å²) in [6, 6.07) is 10.4. The second-order valence-corrected chi connectivity index (χ2v) is 8.19. The van der Waals surface area contributed by atoms with Gasteiger partial charge in [0.25, 0.3) is 11.1 Å². The molecule has 3 rings (SSSR count). The molecule has 1 heterocycles. The average Bonchev–Trinajstić information content (AvgIpc) is 3.02. The first-order valence-corrected chi connectivity index (χ1v) is 10.6. The van der Waals surface area contributed by atoms with E-state index in [2.05, 4.69) is 5.32 Å². The van der Waals surface area contributed by atoms with Gasteiger partial charge in [-0.2, -0.15) is 0 Å². The third-order valence-electron chi connectivity index (χ3n) is 4.70. The van der Waals surface area contributed by atoms with E-state index in [1.807, 2.05) is 32.0 Å². The zero-order valence-electron chi connectivity index (χ0n) is 18.2. The molecule has 0 saturated carbocycles. The number of benzene rings is 2. The van der Waals surface area contributed by atoms with Gasteiger partial charge in [-0.3, -0.25) is 19.3 Å². The predicted molar refractivity (Wildman–Crippen MR) is 123 cm³/mol. The SMILES string of the molecule is COc1cccc(/C=C2/SC(=O)N(CC(=O)Nc3cc(C)ccc3C)C2=O)c1OCC(=O)O. The van der Waals surface area contributed by atoms with E-state index in [4.69, 9.17) is 14.6 Å². The number of carboxylic acid groups (broad SMARTS) is 1. The molecule has 9 nitrogen and oxygen atoms in total. The Morgan fingerprint density at radius 2 is 1.94 bits per heavy atom. The van der Waals surface area contributed by atoms with Gasteiger partial charge in [0.05, 0.1) is 12.0 Å². The predicted octanol–water partition coefficient (Wildman–Crippen LogP) is 3.45. The molecular weight excluding hydrogens is 448 g/mol. The summed E-state index contributed by atoms with van der Waals surface area (Å²) in [5.74, 6) is -1.91. The molecule has 0 unspecified atom stereocenters. The third-order valence-corrected chi connectivity index (χ3v) is 5.61. The Hall–Kier alpha value is -3.79. The van der Waals surface area contributed by atoms with Crippen LogP contribution in [-0.2, 0) is 14.4 Å². The summed E-state index contributed by atoms with van der Waals surface area (Å²) in [4.78, 5) is 49.6. The Kier molecular flexibility index (Phi) is 7.39. The maximum atomic E-state index is 12.8. The lowest BCUT2D eigenvalue weighted by atomic mass is 10.1. The quantitative estimate of drug-likeness (QED) is 0.563. The average molecular weight is 471 g/mol. The second-order valence-electron chi connectivity index (χ2n) is 7.20. The molecule has 2 N–H and O–H groups in total. The Balaban J connectivity index is 1.79. The number of amides is 3. The maximum absolute atomic E-state index is 12.8. The minimum Gasteiger partial charge on any atom is -0.493 e. The number of imide groups is 1. The topological polar surface area (TPSA) is 122 Å². The van der Waals surface area contributed by atoms with Crippen molar-refractivity contribution >= 4 is 46.5 Å². The summed E-state index contributed by atoms with van der Waals surface area (Å²) in [6.07, 6.45) is 1.41. The van der Waals surface area contributed by atoms with Crippen LogP contribution in [0, 0.1) is 13.8 Å². The fourth-order valence-electron chi connectivity index (χ4n) is 3.08. The second kappa shape index (κ2) is 10.2. The van der Waals surface area contributed by atoms with Gasteiger partial charge in [0.15, 0.2) is 18.1 Å². The van der Waals surface area contributed by atoms with Crippen molar-refractivity contribution in [2.75, 3.05) is 25.6 Å². The van der Waals surface area contributed by atoms with Gasteiger partial charge in [-0.15, -0.1) is 0 Å². The highest BCUT2D eigenvalue weighted by Gasteiger charge is 2.36. The maximum Gasteiger partial charge on any atom is 0.341 e. The van der Waals surface area contributed by atoms with Crippen molar-refractivity contribution < 1.29 is 33.8 Å². The van der Waals surface area contributed by atoms with Crippen molar-refractivity contribution in [1.82, 2.24) is 4.90 Å². The van der Waals surface area contributed by atoms with Crippen molar-refractivity contribution in [3.63, 3.8) is 0 Å². The lowest BCUT2D eigenvalue weighted by molar-refractivity contribution is -0.139. The minimum absolute atomic E-state index is 0.0768. The first-order chi connectivity index (χ1) is 15.7. The number of aliphatic carboxylic acids is 1. The van der Waals surface area contributed by atoms with E-state index in [0.717, 1.165) is 16.0 Å². The van der Waals surface area contributed by atoms with Crippen LogP contribution in [0.4, 0.5) is 10.5 Å². The molecular formula is C23H22N2O7S. The van der Waals surface area contributed by atoms with Crippen LogP contribution in [0.25, 0.3) is 6.08 Å². The van der Waals surface area contributed by atoms with Gasteiger partial charge < -0.3 is 19.9 Å². The van der Waals surface area contributed by atoms with Crippen LogP contribution < -0.4 is 14.8 Å². The Morgan fingerprint density at radius 1 is 1.18 bits per heavy atom. The molecule has 3 amide bonds. The summed E-state index contributed by atoms with van der Waals surface area (Å²) in [6.45, 7) is 2.69. The number of ether oxygens (including phenoxy) is 2. The molecule has 2 aromatic rings. The normalized spacial score (nSPS) is 14.5. The number of thioether (sulfide) groups is 1. The van der Waals surface area contributed by atoms with Gasteiger partial charge in [-0.1, -0.05) is 24.3 Å². The number of para-hydroxylation sites is 1. The number of hydrogen-bond donors (Lipinski definition) is 2. The Morgan fingerprint density at radius 3 is 2.64 bits per heavy atom. The molecule has 1 saturated heterocycles. The van der Waals surface area contributed by atoms with Crippen LogP contribution in [0.3, 0.4) is 0 Å². The number of methoxy groups -OCH3 is 1. The number of carboxylic acids is 1. The summed E-state index contributed by atoms with van der Waals surface area (Å²) in [7, 11) is 1.40. The number of aryl methyl sites for hydroxylation is 2. The number of hydrogen-bond acceptors (Lipinski definition) is 7. The molecule has 33 heavy (non-hydrogen) atoms. The lowest BCUT2D eigenvalue weighted by Gasteiger charge is -2.14. The first-order valence-electron chi connectivity index (χ1n) is 9.83. The molecule has 1 aliphatic rings. The van der Waals surface area contributed by atoms with E-state index in [0.29, 0.717) is 23.0 Å². The van der Waals surface area contributed by atoms with Gasteiger partial charge >= 0.3 is 5.97 Å². The molecule has 0 spiro atoms. The number of rotatable bonds is 8. The van der Waals surface area contributed by atoms with E-state index in [9.17, 15) is 19.2 Å². The Labute approximate surface area is 194 Å². The van der Waals surface area contributed by atoms with Crippen molar-refractivity contribution in [2.45, 2.75) is 13.8 Å². The number of nitrogens with one attached hydrogen (secondary N) is 1. The molecule has 0 aromatic heterocycles. The molecule has 172 valence electrons. The molecule has 0 aliphatic carbocycles. The van der Waals surface area contributed by atoms with Crippen molar-refractivity contribution in [3.8, 4) is 11.5 Å². The molecule has 0 radical (unpaired) electrons. The third kappa shape index (κ3) is 5.72. The summed E-state index contributed by atoms with van der Waals surface area (Å²) < 4.78 is 10.5. The number of carbonyl (C=O) groups is 4. The van der Waals surface area contributed by atoms with Crippen LogP contribution in [0.15, 0.2) is 41.3 Å². The lowest BCUT2D eigenvalue weighted by Crippen LogP contribution is -2.36. The highest BCUT2D eigenvalue weighted by Crippen LogP contribution is 2.37. The van der Waals surface area contributed by atoms with Crippen molar-refractivity contribution in [1.29, 1.82) is 0 Å². The van der Waals surface area contributed by atoms with Crippen LogP contribution in [0.5, 0.6) is 11.5 Å². The summed E-state index contributed by atoms with van der Waals surface area (Å²) in [5.41, 5.74) is 2.79. The van der Waals surface area contributed by atoms with E-state index in [-0.39, 0.29) is 16.4 Å². The van der Waals surface area contributed by atoms with E-state index < -0.39 is 36.2 Å². The zero-order chi connectivity index (χ0) is 24.1. The van der Waals surface area contributed by atoms with Gasteiger partial charge in [-0.25, -0.2) is 4.79 Å². The molecule has 1 aliphatic heterocycles. The van der Waals surface area contributed by atoms with Crippen LogP contribution in [0.1, 0.15) is 16.7 Å². The van der Waals surface area contributed by atoms with Gasteiger partial charge in [0.2, 0.25) is 5.91 Å². The van der Waals surface area contributed by atoms with Crippen LogP contribution >= 0.6 is 11.8 Å². The number of nitrogens with zero attached hydrogens (tertiary/aromatic N) is 1. The van der Waals surface area contributed by atoms with E-state index >= 15 is 0 Å². The van der Waals surface area contributed by atoms with E-state index in [1.165, 1.54) is 13.2 Å². The molecule has 10 heteroatoms. The van der Waals surface area contributed by atoms with Crippen LogP contribution in [0.2, 0.25) is 0 Å². The van der Waals surface area contributed by atoms with Crippen molar-refractivity contribution in [2.24, 2.45) is 0 Å². The summed E-state index contributed by atoms with van der Waals surface area (Å²) in [5, 5.41) is 11.1. The Bertz CT molecular complexity index is 1160. The van der Waals surface area contributed by atoms with Gasteiger partial charge in [-0.05, 0) is 54.9 Å². The molecule has 1 fully saturated rings. The first kappa shape index (κ1) is 23.9. The fourth-order valence-corrected chi connectivity index (χ4v) is 3.91. The molecule has 0 atom stereocenters. The van der Waals surface area contributed by atoms with Crippen LogP contribution in [-0.4, -0.2) is 53.3 Å². The molecule has 2 aromatic carbocycles. The summed E-state index contributed by atoms with van der Waals surface area (Å²) >= 11 is 0.683. The fraction of sp³-hybridized carbons (Fsp3) is 0.217. The van der Waals surface area contributed by atoms with Gasteiger partial charge in [0, 0.05) is 11.3 Å². The number of anilines is 1. The zero-order valence-corrected chi connectivity index (χ0v) is 19.0. The van der Waals surface area contributed by atoms with Crippen molar-refractivity contribution in [3.05, 3.63) is 58.0 Å². The molecule has 0 bridgehead atoms. The highest BCUT2D eigenvalue weighted by molar-refractivity contribution is 8.18. The monoisotopic (exact) mass is 470 g/mol. The largest absolute Gasteiger partial charge is 0.493 e. The van der Waals surface area contributed by atoms with E-state index in [1.54, 1.807) is 18.2 Å². The van der Waals surface area contributed by atoms with Gasteiger partial charge in [0.1, 0.15) is 6.54 Å². The standard InChI is InChI=1S/C23H22N2O7S/c1-13-7-8-14(2)16(9-13)24-19(26)11-25-22(29)18(33-23(25)30)10-15-5-4-6-17(31-3)21(15)32-12-20(27)28/h4-10H,11-12H2,1-3H3,(H,24,26)(H,27,28)/b18-10+. The number of carbonyl (C=O) groups excluding carboxylic acids is 3. The minimum atomic E-state index is -1.18. The highest BCUT2D eigenvalue weighted by atomic mass is 32.2.